The van der Waals surface area contributed by atoms with E-state index in [1.165, 1.54) is 32.4 Å². The molecule has 0 atom stereocenters. The third-order valence-electron chi connectivity index (χ3n) is 4.57. The second kappa shape index (κ2) is 9.55. The van der Waals surface area contributed by atoms with Crippen LogP contribution in [0.2, 0.25) is 15.1 Å². The summed E-state index contributed by atoms with van der Waals surface area (Å²) in [5, 5.41) is 4.29. The fourth-order valence-electron chi connectivity index (χ4n) is 3.24. The van der Waals surface area contributed by atoms with Crippen LogP contribution in [0.25, 0.3) is 6.08 Å². The fourth-order valence-corrected chi connectivity index (χ4v) is 4.13. The second-order valence-corrected chi connectivity index (χ2v) is 7.80. The number of hydrogen-bond donors (Lipinski definition) is 1. The molecule has 1 saturated heterocycles. The van der Waals surface area contributed by atoms with Gasteiger partial charge in [-0.2, -0.15) is 0 Å². The molecule has 0 spiro atoms. The van der Waals surface area contributed by atoms with Gasteiger partial charge in [0.15, 0.2) is 0 Å². The molecule has 0 unspecified atom stereocenters. The Hall–Kier alpha value is -1.88. The number of piperidine rings is 1. The van der Waals surface area contributed by atoms with Crippen molar-refractivity contribution < 1.29 is 9.53 Å². The Morgan fingerprint density at radius 3 is 2.50 bits per heavy atom. The van der Waals surface area contributed by atoms with Crippen LogP contribution in [0.3, 0.4) is 0 Å². The Labute approximate surface area is 180 Å². The van der Waals surface area contributed by atoms with Gasteiger partial charge in [-0.3, -0.25) is 4.79 Å². The number of hydrogen-bond acceptors (Lipinski definition) is 3. The average Bonchev–Trinajstić information content (AvgIpc) is 2.67. The standard InChI is InChI=1S/C21H21Cl3N2O2/c1-28-21-14(11-15(22)12-18(21)24)5-8-20(27)25-16-6-7-19(17(23)13-16)26-9-3-2-4-10-26/h5-8,11-13H,2-4,9-10H2,1H3,(H,25,27)/b8-5+. The van der Waals surface area contributed by atoms with E-state index < -0.39 is 0 Å². The highest BCUT2D eigenvalue weighted by atomic mass is 35.5. The Bertz CT molecular complexity index is 893. The molecule has 1 aliphatic heterocycles. The lowest BCUT2D eigenvalue weighted by molar-refractivity contribution is -0.111. The first kappa shape index (κ1) is 20.8. The predicted molar refractivity (Wildman–Crippen MR) is 118 cm³/mol. The number of halogens is 3. The quantitative estimate of drug-likeness (QED) is 0.556. The SMILES string of the molecule is COc1c(Cl)cc(Cl)cc1/C=C/C(=O)Nc1ccc(N2CCCCC2)c(Cl)c1. The van der Waals surface area contributed by atoms with Crippen LogP contribution in [-0.2, 0) is 4.79 Å². The van der Waals surface area contributed by atoms with E-state index in [1.54, 1.807) is 24.3 Å². The number of amides is 1. The lowest BCUT2D eigenvalue weighted by Crippen LogP contribution is -2.29. The van der Waals surface area contributed by atoms with Gasteiger partial charge in [0.05, 0.1) is 22.8 Å². The van der Waals surface area contributed by atoms with Gasteiger partial charge in [-0.1, -0.05) is 34.8 Å². The molecule has 0 aromatic heterocycles. The van der Waals surface area contributed by atoms with Crippen molar-refractivity contribution in [2.45, 2.75) is 19.3 Å². The van der Waals surface area contributed by atoms with E-state index in [0.29, 0.717) is 32.1 Å². The van der Waals surface area contributed by atoms with E-state index in [9.17, 15) is 4.79 Å². The summed E-state index contributed by atoms with van der Waals surface area (Å²) in [6.07, 6.45) is 6.62. The first-order valence-corrected chi connectivity index (χ1v) is 10.2. The normalized spacial score (nSPS) is 14.4. The average molecular weight is 440 g/mol. The number of rotatable bonds is 5. The van der Waals surface area contributed by atoms with E-state index in [1.807, 2.05) is 12.1 Å². The van der Waals surface area contributed by atoms with Crippen molar-refractivity contribution in [3.05, 3.63) is 57.0 Å². The largest absolute Gasteiger partial charge is 0.495 e. The summed E-state index contributed by atoms with van der Waals surface area (Å²) in [6, 6.07) is 8.85. The van der Waals surface area contributed by atoms with Gasteiger partial charge in [0.2, 0.25) is 5.91 Å². The summed E-state index contributed by atoms with van der Waals surface area (Å²) in [6.45, 7) is 2.02. The zero-order valence-electron chi connectivity index (χ0n) is 15.5. The summed E-state index contributed by atoms with van der Waals surface area (Å²) in [5.74, 6) is 0.170. The van der Waals surface area contributed by atoms with Crippen LogP contribution < -0.4 is 15.0 Å². The zero-order chi connectivity index (χ0) is 20.1. The highest BCUT2D eigenvalue weighted by Crippen LogP contribution is 2.33. The second-order valence-electron chi connectivity index (χ2n) is 6.55. The molecule has 2 aromatic carbocycles. The Morgan fingerprint density at radius 2 is 1.82 bits per heavy atom. The summed E-state index contributed by atoms with van der Waals surface area (Å²) in [5.41, 5.74) is 2.26. The summed E-state index contributed by atoms with van der Waals surface area (Å²) >= 11 is 18.6. The molecular formula is C21H21Cl3N2O2. The van der Waals surface area contributed by atoms with Crippen LogP contribution in [0, 0.1) is 0 Å². The van der Waals surface area contributed by atoms with E-state index >= 15 is 0 Å². The molecule has 1 N–H and O–H groups in total. The molecule has 0 bridgehead atoms. The molecule has 4 nitrogen and oxygen atoms in total. The minimum absolute atomic E-state index is 0.292. The number of carbonyl (C=O) groups excluding carboxylic acids is 1. The van der Waals surface area contributed by atoms with Crippen molar-refractivity contribution in [1.82, 2.24) is 0 Å². The number of nitrogens with zero attached hydrogens (tertiary/aromatic N) is 1. The number of carbonyl (C=O) groups is 1. The molecule has 1 fully saturated rings. The molecule has 148 valence electrons. The number of nitrogens with one attached hydrogen (secondary N) is 1. The number of benzene rings is 2. The van der Waals surface area contributed by atoms with Crippen molar-refractivity contribution in [3.63, 3.8) is 0 Å². The van der Waals surface area contributed by atoms with Gasteiger partial charge in [0.25, 0.3) is 0 Å². The van der Waals surface area contributed by atoms with Crippen LogP contribution in [-0.4, -0.2) is 26.1 Å². The van der Waals surface area contributed by atoms with Gasteiger partial charge in [0, 0.05) is 35.4 Å². The Kier molecular flexibility index (Phi) is 7.11. The van der Waals surface area contributed by atoms with Crippen LogP contribution in [0.15, 0.2) is 36.4 Å². The molecule has 1 heterocycles. The summed E-state index contributed by atoms with van der Waals surface area (Å²) in [4.78, 5) is 14.6. The first-order valence-electron chi connectivity index (χ1n) is 9.04. The molecule has 1 amide bonds. The van der Waals surface area contributed by atoms with Crippen LogP contribution in [0.1, 0.15) is 24.8 Å². The molecule has 1 aliphatic rings. The minimum atomic E-state index is -0.292. The van der Waals surface area contributed by atoms with Gasteiger partial charge in [-0.25, -0.2) is 0 Å². The maximum absolute atomic E-state index is 12.3. The van der Waals surface area contributed by atoms with Crippen LogP contribution >= 0.6 is 34.8 Å². The molecule has 0 radical (unpaired) electrons. The Morgan fingerprint density at radius 1 is 1.07 bits per heavy atom. The van der Waals surface area contributed by atoms with Gasteiger partial charge in [0.1, 0.15) is 5.75 Å². The highest BCUT2D eigenvalue weighted by Gasteiger charge is 2.14. The highest BCUT2D eigenvalue weighted by molar-refractivity contribution is 6.36. The van der Waals surface area contributed by atoms with Gasteiger partial charge in [-0.05, 0) is 55.7 Å². The summed E-state index contributed by atoms with van der Waals surface area (Å²) < 4.78 is 5.27. The van der Waals surface area contributed by atoms with Crippen molar-refractivity contribution >= 4 is 58.2 Å². The zero-order valence-corrected chi connectivity index (χ0v) is 17.7. The Balaban J connectivity index is 1.70. The van der Waals surface area contributed by atoms with Crippen LogP contribution in [0.4, 0.5) is 11.4 Å². The predicted octanol–water partition coefficient (Wildman–Crippen LogP) is 6.30. The first-order chi connectivity index (χ1) is 13.5. The van der Waals surface area contributed by atoms with E-state index in [-0.39, 0.29) is 5.91 Å². The monoisotopic (exact) mass is 438 g/mol. The van der Waals surface area contributed by atoms with Gasteiger partial charge >= 0.3 is 0 Å². The molecule has 7 heteroatoms. The van der Waals surface area contributed by atoms with Crippen molar-refractivity contribution in [2.75, 3.05) is 30.4 Å². The molecule has 0 saturated carbocycles. The summed E-state index contributed by atoms with van der Waals surface area (Å²) in [7, 11) is 1.51. The fraction of sp³-hybridized carbons (Fsp3) is 0.286. The van der Waals surface area contributed by atoms with Crippen molar-refractivity contribution in [2.24, 2.45) is 0 Å². The third-order valence-corrected chi connectivity index (χ3v) is 5.37. The van der Waals surface area contributed by atoms with E-state index in [4.69, 9.17) is 39.5 Å². The minimum Gasteiger partial charge on any atom is -0.495 e. The number of ether oxygens (including phenoxy) is 1. The third kappa shape index (κ3) is 5.13. The maximum Gasteiger partial charge on any atom is 0.248 e. The lowest BCUT2D eigenvalue weighted by atomic mass is 10.1. The molecule has 28 heavy (non-hydrogen) atoms. The lowest BCUT2D eigenvalue weighted by Gasteiger charge is -2.29. The molecule has 3 rings (SSSR count). The van der Waals surface area contributed by atoms with Gasteiger partial charge in [-0.15, -0.1) is 0 Å². The maximum atomic E-state index is 12.3. The molecule has 2 aromatic rings. The van der Waals surface area contributed by atoms with Crippen molar-refractivity contribution in [3.8, 4) is 5.75 Å². The van der Waals surface area contributed by atoms with Gasteiger partial charge < -0.3 is 15.0 Å². The number of methoxy groups -OCH3 is 1. The van der Waals surface area contributed by atoms with E-state index in [2.05, 4.69) is 10.2 Å². The molecular weight excluding hydrogens is 419 g/mol. The van der Waals surface area contributed by atoms with E-state index in [0.717, 1.165) is 18.8 Å². The van der Waals surface area contributed by atoms with Crippen molar-refractivity contribution in [1.29, 1.82) is 0 Å². The topological polar surface area (TPSA) is 41.6 Å². The number of anilines is 2. The molecule has 0 aliphatic carbocycles. The van der Waals surface area contributed by atoms with Crippen LogP contribution in [0.5, 0.6) is 5.75 Å². The smallest absolute Gasteiger partial charge is 0.248 e.